The molecule has 0 radical (unpaired) electrons. The van der Waals surface area contributed by atoms with Crippen molar-refractivity contribution in [3.05, 3.63) is 35.8 Å². The molecule has 4 nitrogen and oxygen atoms in total. The summed E-state index contributed by atoms with van der Waals surface area (Å²) in [4.78, 5) is 3.71. The molecular formula is C9H12N4S. The van der Waals surface area contributed by atoms with E-state index in [0.717, 1.165) is 11.4 Å². The molecule has 0 spiro atoms. The fourth-order valence-electron chi connectivity index (χ4n) is 0.730. The number of hydrogen-bond donors (Lipinski definition) is 3. The largest absolute Gasteiger partial charge is 0.399 e. The van der Waals surface area contributed by atoms with Gasteiger partial charge in [-0.3, -0.25) is 0 Å². The highest BCUT2D eigenvalue weighted by Crippen LogP contribution is 2.05. The van der Waals surface area contributed by atoms with Crippen molar-refractivity contribution in [3.63, 3.8) is 0 Å². The predicted octanol–water partition coefficient (Wildman–Crippen LogP) is 1.58. The van der Waals surface area contributed by atoms with E-state index in [4.69, 9.17) is 17.2 Å². The normalized spacial score (nSPS) is 8.86. The number of anilines is 3. The maximum atomic E-state index is 5.37. The van der Waals surface area contributed by atoms with Gasteiger partial charge in [0.2, 0.25) is 0 Å². The van der Waals surface area contributed by atoms with Gasteiger partial charge in [0.15, 0.2) is 5.13 Å². The lowest BCUT2D eigenvalue weighted by atomic mass is 10.3. The van der Waals surface area contributed by atoms with Gasteiger partial charge in [0, 0.05) is 23.0 Å². The number of thiazole rings is 1. The first-order valence-corrected chi connectivity index (χ1v) is 4.82. The Morgan fingerprint density at radius 3 is 1.64 bits per heavy atom. The second kappa shape index (κ2) is 5.08. The highest BCUT2D eigenvalue weighted by molar-refractivity contribution is 7.13. The number of aromatic nitrogens is 1. The second-order valence-corrected chi connectivity index (χ2v) is 3.46. The van der Waals surface area contributed by atoms with Crippen molar-refractivity contribution in [1.82, 2.24) is 4.98 Å². The van der Waals surface area contributed by atoms with E-state index in [2.05, 4.69) is 4.98 Å². The molecule has 1 aromatic heterocycles. The molecule has 74 valence electrons. The molecule has 0 bridgehead atoms. The van der Waals surface area contributed by atoms with Crippen LogP contribution in [-0.4, -0.2) is 4.98 Å². The van der Waals surface area contributed by atoms with E-state index in [1.54, 1.807) is 30.5 Å². The predicted molar refractivity (Wildman–Crippen MR) is 61.8 cm³/mol. The van der Waals surface area contributed by atoms with E-state index < -0.39 is 0 Å². The standard InChI is InChI=1S/C6H8N2.C3H4N2S/c7-5-1-2-6(8)4-3-5;4-3-5-1-2-6-3/h1-4H,7-8H2;1-2H,(H2,4,5). The zero-order chi connectivity index (χ0) is 10.4. The maximum absolute atomic E-state index is 5.37. The second-order valence-electron chi connectivity index (χ2n) is 2.54. The van der Waals surface area contributed by atoms with Crippen molar-refractivity contribution in [1.29, 1.82) is 0 Å². The minimum atomic E-state index is 0.634. The first-order valence-electron chi connectivity index (χ1n) is 3.94. The molecule has 5 heteroatoms. The molecular weight excluding hydrogens is 196 g/mol. The van der Waals surface area contributed by atoms with Gasteiger partial charge in [-0.15, -0.1) is 11.3 Å². The van der Waals surface area contributed by atoms with Crippen molar-refractivity contribution in [2.75, 3.05) is 17.2 Å². The molecule has 6 N–H and O–H groups in total. The summed E-state index contributed by atoms with van der Waals surface area (Å²) in [6.45, 7) is 0. The summed E-state index contributed by atoms with van der Waals surface area (Å²) in [7, 11) is 0. The number of nitrogen functional groups attached to an aromatic ring is 3. The summed E-state index contributed by atoms with van der Waals surface area (Å²) in [5.74, 6) is 0. The number of benzene rings is 1. The third kappa shape index (κ3) is 3.77. The number of rotatable bonds is 0. The average molecular weight is 208 g/mol. The molecule has 0 fully saturated rings. The van der Waals surface area contributed by atoms with Crippen molar-refractivity contribution in [2.24, 2.45) is 0 Å². The van der Waals surface area contributed by atoms with Gasteiger partial charge in [0.25, 0.3) is 0 Å². The first kappa shape index (κ1) is 10.3. The Bertz CT molecular complexity index is 334. The maximum Gasteiger partial charge on any atom is 0.179 e. The number of hydrogen-bond acceptors (Lipinski definition) is 5. The highest BCUT2D eigenvalue weighted by atomic mass is 32.1. The monoisotopic (exact) mass is 208 g/mol. The Morgan fingerprint density at radius 1 is 0.929 bits per heavy atom. The molecule has 0 amide bonds. The zero-order valence-electron chi connectivity index (χ0n) is 7.55. The molecule has 0 saturated carbocycles. The van der Waals surface area contributed by atoms with Crippen LogP contribution in [-0.2, 0) is 0 Å². The van der Waals surface area contributed by atoms with E-state index in [9.17, 15) is 0 Å². The van der Waals surface area contributed by atoms with Crippen molar-refractivity contribution in [3.8, 4) is 0 Å². The van der Waals surface area contributed by atoms with Crippen molar-refractivity contribution < 1.29 is 0 Å². The smallest absolute Gasteiger partial charge is 0.179 e. The summed E-state index contributed by atoms with van der Waals surface area (Å²) in [5, 5.41) is 2.48. The van der Waals surface area contributed by atoms with Crippen LogP contribution in [0.1, 0.15) is 0 Å². The van der Waals surface area contributed by atoms with Crippen LogP contribution in [0.25, 0.3) is 0 Å². The van der Waals surface area contributed by atoms with E-state index in [0.29, 0.717) is 5.13 Å². The topological polar surface area (TPSA) is 91.0 Å². The molecule has 0 aliphatic heterocycles. The van der Waals surface area contributed by atoms with E-state index in [-0.39, 0.29) is 0 Å². The first-order chi connectivity index (χ1) is 6.68. The lowest BCUT2D eigenvalue weighted by molar-refractivity contribution is 1.43. The Morgan fingerprint density at radius 2 is 1.43 bits per heavy atom. The molecule has 0 unspecified atom stereocenters. The summed E-state index contributed by atoms with van der Waals surface area (Å²) < 4.78 is 0. The third-order valence-electron chi connectivity index (χ3n) is 1.39. The lowest BCUT2D eigenvalue weighted by Gasteiger charge is -1.90. The van der Waals surface area contributed by atoms with Crippen LogP contribution in [0.3, 0.4) is 0 Å². The van der Waals surface area contributed by atoms with Crippen LogP contribution in [0.2, 0.25) is 0 Å². The Balaban J connectivity index is 0.000000146. The van der Waals surface area contributed by atoms with E-state index in [1.807, 2.05) is 5.38 Å². The van der Waals surface area contributed by atoms with Gasteiger partial charge < -0.3 is 17.2 Å². The fourth-order valence-corrected chi connectivity index (χ4v) is 1.11. The van der Waals surface area contributed by atoms with Crippen LogP contribution in [0.5, 0.6) is 0 Å². The van der Waals surface area contributed by atoms with Crippen molar-refractivity contribution in [2.45, 2.75) is 0 Å². The molecule has 1 aromatic carbocycles. The van der Waals surface area contributed by atoms with E-state index in [1.165, 1.54) is 11.3 Å². The molecule has 0 aliphatic carbocycles. The van der Waals surface area contributed by atoms with Crippen LogP contribution < -0.4 is 17.2 Å². The Kier molecular flexibility index (Phi) is 3.75. The van der Waals surface area contributed by atoms with E-state index >= 15 is 0 Å². The quantitative estimate of drug-likeness (QED) is 0.573. The molecule has 2 aromatic rings. The minimum Gasteiger partial charge on any atom is -0.399 e. The summed E-state index contributed by atoms with van der Waals surface area (Å²) in [6.07, 6.45) is 1.68. The minimum absolute atomic E-state index is 0.634. The summed E-state index contributed by atoms with van der Waals surface area (Å²) >= 11 is 1.44. The number of nitrogens with two attached hydrogens (primary N) is 3. The summed E-state index contributed by atoms with van der Waals surface area (Å²) in [6, 6.07) is 7.09. The van der Waals surface area contributed by atoms with Gasteiger partial charge in [0.05, 0.1) is 0 Å². The van der Waals surface area contributed by atoms with Crippen LogP contribution >= 0.6 is 11.3 Å². The SMILES string of the molecule is Nc1ccc(N)cc1.Nc1nccs1. The van der Waals surface area contributed by atoms with Gasteiger partial charge in [-0.2, -0.15) is 0 Å². The fraction of sp³-hybridized carbons (Fsp3) is 0. The third-order valence-corrected chi connectivity index (χ3v) is 1.99. The van der Waals surface area contributed by atoms with Crippen molar-refractivity contribution >= 4 is 27.8 Å². The molecule has 0 aliphatic rings. The Hall–Kier alpha value is -1.75. The average Bonchev–Trinajstić information content (AvgIpc) is 2.63. The number of nitrogens with zero attached hydrogens (tertiary/aromatic N) is 1. The molecule has 2 rings (SSSR count). The van der Waals surface area contributed by atoms with Crippen LogP contribution in [0.4, 0.5) is 16.5 Å². The lowest BCUT2D eigenvalue weighted by Crippen LogP contribution is -1.86. The van der Waals surface area contributed by atoms with Gasteiger partial charge in [0.1, 0.15) is 0 Å². The summed E-state index contributed by atoms with van der Waals surface area (Å²) in [5.41, 5.74) is 17.4. The zero-order valence-corrected chi connectivity index (χ0v) is 8.37. The molecule has 0 saturated heterocycles. The van der Waals surface area contributed by atoms with Gasteiger partial charge >= 0.3 is 0 Å². The van der Waals surface area contributed by atoms with Crippen LogP contribution in [0.15, 0.2) is 35.8 Å². The molecule has 1 heterocycles. The van der Waals surface area contributed by atoms with Gasteiger partial charge in [-0.25, -0.2) is 4.98 Å². The van der Waals surface area contributed by atoms with Gasteiger partial charge in [-0.05, 0) is 24.3 Å². The molecule has 14 heavy (non-hydrogen) atoms. The Labute approximate surface area is 86.4 Å². The molecule has 0 atom stereocenters. The highest BCUT2D eigenvalue weighted by Gasteiger charge is 1.80. The van der Waals surface area contributed by atoms with Crippen LogP contribution in [0, 0.1) is 0 Å². The van der Waals surface area contributed by atoms with Gasteiger partial charge in [-0.1, -0.05) is 0 Å².